The number of ether oxygens (including phenoxy) is 1. The Hall–Kier alpha value is -2.13. The molecule has 0 aromatic heterocycles. The summed E-state index contributed by atoms with van der Waals surface area (Å²) >= 11 is 0. The van der Waals surface area contributed by atoms with Crippen LogP contribution in [0, 0.1) is 5.41 Å². The summed E-state index contributed by atoms with van der Waals surface area (Å²) in [5.41, 5.74) is 0.0575. The molecule has 0 bridgehead atoms. The van der Waals surface area contributed by atoms with Gasteiger partial charge in [0.2, 0.25) is 0 Å². The molecule has 0 amide bonds. The monoisotopic (exact) mass is 862 g/mol. The van der Waals surface area contributed by atoms with Crippen LogP contribution in [0.1, 0.15) is 265 Å². The van der Waals surface area contributed by atoms with Crippen LogP contribution in [0.4, 0.5) is 0 Å². The molecule has 360 valence electrons. The molecule has 0 rings (SSSR count). The molecule has 0 saturated carbocycles. The number of esters is 1. The molecule has 0 N–H and O–H groups in total. The second-order valence-electron chi connectivity index (χ2n) is 19.0. The molecule has 0 aromatic carbocycles. The highest BCUT2D eigenvalue weighted by atomic mass is 16.5. The quantitative estimate of drug-likeness (QED) is 0.0347. The zero-order chi connectivity index (χ0) is 45.1. The number of hydrogen-bond donors (Lipinski definition) is 0. The number of nitrogens with zero attached hydrogens (tertiary/aromatic N) is 1. The summed E-state index contributed by atoms with van der Waals surface area (Å²) in [4.78, 5) is 15.4. The van der Waals surface area contributed by atoms with E-state index >= 15 is 0 Å². The summed E-state index contributed by atoms with van der Waals surface area (Å²) in [6.07, 6.45) is 74.9. The van der Waals surface area contributed by atoms with Crippen molar-refractivity contribution in [2.45, 2.75) is 265 Å². The van der Waals surface area contributed by atoms with Crippen LogP contribution in [-0.2, 0) is 9.53 Å². The fourth-order valence-corrected chi connectivity index (χ4v) is 8.51. The van der Waals surface area contributed by atoms with Crippen LogP contribution in [0.2, 0.25) is 0 Å². The van der Waals surface area contributed by atoms with E-state index in [9.17, 15) is 4.79 Å². The van der Waals surface area contributed by atoms with Crippen LogP contribution in [0.3, 0.4) is 0 Å². The third-order valence-corrected chi connectivity index (χ3v) is 12.3. The van der Waals surface area contributed by atoms with E-state index in [0.29, 0.717) is 13.0 Å². The van der Waals surface area contributed by atoms with Gasteiger partial charge in [0.05, 0.1) is 6.61 Å². The molecule has 0 saturated heterocycles. The van der Waals surface area contributed by atoms with E-state index in [-0.39, 0.29) is 11.4 Å². The maximum atomic E-state index is 13.1. The van der Waals surface area contributed by atoms with Gasteiger partial charge in [0.1, 0.15) is 0 Å². The Morgan fingerprint density at radius 2 is 0.677 bits per heavy atom. The molecule has 0 aliphatic carbocycles. The summed E-state index contributed by atoms with van der Waals surface area (Å²) in [7, 11) is 4.41. The zero-order valence-electron chi connectivity index (χ0n) is 42.5. The van der Waals surface area contributed by atoms with Crippen molar-refractivity contribution in [2.24, 2.45) is 5.41 Å². The largest absolute Gasteiger partial charge is 0.465 e. The minimum Gasteiger partial charge on any atom is -0.465 e. The number of hydrogen-bond acceptors (Lipinski definition) is 3. The van der Waals surface area contributed by atoms with Gasteiger partial charge in [-0.15, -0.1) is 0 Å². The molecule has 0 spiro atoms. The van der Waals surface area contributed by atoms with Gasteiger partial charge in [-0.05, 0) is 130 Å². The van der Waals surface area contributed by atoms with Crippen molar-refractivity contribution in [2.75, 3.05) is 27.2 Å². The average molecular weight is 863 g/mol. The molecule has 0 atom stereocenters. The van der Waals surface area contributed by atoms with E-state index in [0.717, 1.165) is 51.5 Å². The molecule has 0 unspecified atom stereocenters. The molecular formula is C59H107NO2. The lowest BCUT2D eigenvalue weighted by Crippen LogP contribution is -2.38. The topological polar surface area (TPSA) is 29.5 Å². The predicted molar refractivity (Wildman–Crippen MR) is 279 cm³/mol. The summed E-state index contributed by atoms with van der Waals surface area (Å²) in [6, 6.07) is 0. The van der Waals surface area contributed by atoms with Crippen LogP contribution in [0.15, 0.2) is 72.9 Å². The number of rotatable bonds is 48. The van der Waals surface area contributed by atoms with Crippen molar-refractivity contribution in [1.82, 2.24) is 4.90 Å². The van der Waals surface area contributed by atoms with E-state index in [1.807, 2.05) is 0 Å². The van der Waals surface area contributed by atoms with E-state index < -0.39 is 0 Å². The molecule has 0 heterocycles. The lowest BCUT2D eigenvalue weighted by molar-refractivity contribution is -0.148. The smallest absolute Gasteiger partial charge is 0.305 e. The Kier molecular flexibility index (Phi) is 48.2. The first-order chi connectivity index (χ1) is 30.5. The van der Waals surface area contributed by atoms with Gasteiger partial charge >= 0.3 is 5.97 Å². The normalized spacial score (nSPS) is 12.7. The van der Waals surface area contributed by atoms with Crippen molar-refractivity contribution < 1.29 is 9.53 Å². The van der Waals surface area contributed by atoms with Gasteiger partial charge in [0, 0.05) is 18.4 Å². The lowest BCUT2D eigenvalue weighted by Gasteiger charge is -2.36. The molecule has 62 heavy (non-hydrogen) atoms. The summed E-state index contributed by atoms with van der Waals surface area (Å²) in [5.74, 6) is 0.0212. The minimum atomic E-state index is 0.0212. The van der Waals surface area contributed by atoms with E-state index in [1.165, 1.54) is 193 Å². The van der Waals surface area contributed by atoms with Crippen LogP contribution in [-0.4, -0.2) is 38.1 Å². The van der Waals surface area contributed by atoms with Gasteiger partial charge < -0.3 is 9.64 Å². The first kappa shape index (κ1) is 59.9. The van der Waals surface area contributed by atoms with E-state index in [1.54, 1.807) is 0 Å². The molecule has 0 aromatic rings. The first-order valence-corrected chi connectivity index (χ1v) is 27.2. The maximum Gasteiger partial charge on any atom is 0.305 e. The fraction of sp³-hybridized carbons (Fsp3) is 0.780. The zero-order valence-corrected chi connectivity index (χ0v) is 42.5. The Balaban J connectivity index is 4.71. The predicted octanol–water partition coefficient (Wildman–Crippen LogP) is 19.3. The lowest BCUT2D eigenvalue weighted by atomic mass is 9.78. The van der Waals surface area contributed by atoms with Crippen molar-refractivity contribution in [3.63, 3.8) is 0 Å². The molecule has 0 aliphatic heterocycles. The Labute approximate surface area is 389 Å². The van der Waals surface area contributed by atoms with Crippen LogP contribution in [0.25, 0.3) is 0 Å². The SMILES string of the molecule is CCCCC/C=C\C/C=C\CCCCCCCCC(CCCCCCCC/C=C\C/C=C\CCCCC)(COC(=O)CCCCCCC/C=C\C/C=C\CCCCC)CN(C)C. The number of unbranched alkanes of at least 4 members (excludes halogenated alkanes) is 26. The molecule has 0 aliphatic rings. The minimum absolute atomic E-state index is 0.0212. The van der Waals surface area contributed by atoms with Gasteiger partial charge in [0.25, 0.3) is 0 Å². The third kappa shape index (κ3) is 45.9. The highest BCUT2D eigenvalue weighted by Crippen LogP contribution is 2.34. The second kappa shape index (κ2) is 49.9. The van der Waals surface area contributed by atoms with Crippen molar-refractivity contribution in [1.29, 1.82) is 0 Å². The molecule has 3 nitrogen and oxygen atoms in total. The molecular weight excluding hydrogens is 755 g/mol. The van der Waals surface area contributed by atoms with Gasteiger partial charge in [-0.25, -0.2) is 0 Å². The van der Waals surface area contributed by atoms with Crippen LogP contribution >= 0.6 is 0 Å². The highest BCUT2D eigenvalue weighted by Gasteiger charge is 2.32. The van der Waals surface area contributed by atoms with Gasteiger partial charge in [-0.2, -0.15) is 0 Å². The van der Waals surface area contributed by atoms with Crippen molar-refractivity contribution in [3.05, 3.63) is 72.9 Å². The average Bonchev–Trinajstić information content (AvgIpc) is 3.26. The standard InChI is InChI=1S/C59H107NO2/c1-6-9-12-15-18-21-24-27-30-33-36-39-42-45-48-51-54-59(56-60(4)5,55-52-49-46-43-40-37-34-31-28-25-22-19-16-13-10-7-2)57-62-58(61)53-50-47-44-41-38-35-32-29-26-23-20-17-14-11-8-3/h18-23,27-32H,6-17,24-26,33-57H2,1-5H3/b21-18-,22-19-,23-20-,30-27-,31-28-,32-29-. The summed E-state index contributed by atoms with van der Waals surface area (Å²) in [6.45, 7) is 8.39. The highest BCUT2D eigenvalue weighted by molar-refractivity contribution is 5.69. The van der Waals surface area contributed by atoms with Gasteiger partial charge in [-0.1, -0.05) is 216 Å². The van der Waals surface area contributed by atoms with Crippen molar-refractivity contribution >= 4 is 5.97 Å². The summed E-state index contributed by atoms with van der Waals surface area (Å²) < 4.78 is 6.18. The Morgan fingerprint density at radius 3 is 1.00 bits per heavy atom. The number of carbonyl (C=O) groups excluding carboxylic acids is 1. The van der Waals surface area contributed by atoms with Crippen LogP contribution < -0.4 is 0 Å². The first-order valence-electron chi connectivity index (χ1n) is 27.2. The van der Waals surface area contributed by atoms with Gasteiger partial charge in [-0.3, -0.25) is 4.79 Å². The molecule has 0 fully saturated rings. The summed E-state index contributed by atoms with van der Waals surface area (Å²) in [5, 5.41) is 0. The van der Waals surface area contributed by atoms with E-state index in [4.69, 9.17) is 4.74 Å². The fourth-order valence-electron chi connectivity index (χ4n) is 8.51. The van der Waals surface area contributed by atoms with Gasteiger partial charge in [0.15, 0.2) is 0 Å². The number of allylic oxidation sites excluding steroid dienone is 12. The Morgan fingerprint density at radius 1 is 0.387 bits per heavy atom. The molecule has 3 heteroatoms. The Bertz CT molecular complexity index is 1050. The van der Waals surface area contributed by atoms with Crippen LogP contribution in [0.5, 0.6) is 0 Å². The third-order valence-electron chi connectivity index (χ3n) is 12.3. The number of carbonyl (C=O) groups is 1. The maximum absolute atomic E-state index is 13.1. The molecule has 0 radical (unpaired) electrons. The van der Waals surface area contributed by atoms with Crippen molar-refractivity contribution in [3.8, 4) is 0 Å². The van der Waals surface area contributed by atoms with E-state index in [2.05, 4.69) is 113 Å². The second-order valence-corrected chi connectivity index (χ2v) is 19.0.